The van der Waals surface area contributed by atoms with Crippen molar-refractivity contribution in [1.82, 2.24) is 19.9 Å². The fourth-order valence-corrected chi connectivity index (χ4v) is 2.70. The van der Waals surface area contributed by atoms with Crippen molar-refractivity contribution in [1.29, 1.82) is 0 Å². The summed E-state index contributed by atoms with van der Waals surface area (Å²) in [4.78, 5) is 13.9. The van der Waals surface area contributed by atoms with Crippen molar-refractivity contribution >= 4 is 21.7 Å². The monoisotopic (exact) mass is 303 g/mol. The van der Waals surface area contributed by atoms with Gasteiger partial charge in [-0.25, -0.2) is 17.8 Å². The number of hydrogen-bond donors (Lipinski definition) is 2. The molecule has 1 aromatic rings. The summed E-state index contributed by atoms with van der Waals surface area (Å²) < 4.78 is 29.2. The first-order valence-corrected chi connectivity index (χ1v) is 8.11. The normalized spacial score (nSPS) is 20.1. The molecular weight excluding hydrogens is 286 g/mol. The van der Waals surface area contributed by atoms with Crippen LogP contribution in [0.3, 0.4) is 0 Å². The Labute approximate surface area is 116 Å². The van der Waals surface area contributed by atoms with Crippen LogP contribution in [0.5, 0.6) is 0 Å². The zero-order valence-electron chi connectivity index (χ0n) is 11.1. The summed E-state index contributed by atoms with van der Waals surface area (Å²) in [6.45, 7) is 0.705. The lowest BCUT2D eigenvalue weighted by Crippen LogP contribution is -2.49. The molecule has 1 fully saturated rings. The molecule has 2 heterocycles. The molecule has 1 unspecified atom stereocenters. The van der Waals surface area contributed by atoms with Crippen LogP contribution in [-0.2, 0) is 10.0 Å². The fraction of sp³-hybridized carbons (Fsp3) is 0.700. The summed E-state index contributed by atoms with van der Waals surface area (Å²) in [6.07, 6.45) is 3.60. The maximum atomic E-state index is 12.3. The molecule has 0 aliphatic carbocycles. The van der Waals surface area contributed by atoms with Crippen LogP contribution < -0.4 is 10.5 Å². The van der Waals surface area contributed by atoms with Gasteiger partial charge in [-0.2, -0.15) is 0 Å². The maximum Gasteiger partial charge on any atom is 0.280 e. The van der Waals surface area contributed by atoms with Gasteiger partial charge in [0.1, 0.15) is 0 Å². The molecule has 0 aromatic carbocycles. The van der Waals surface area contributed by atoms with E-state index >= 15 is 0 Å². The molecule has 0 bridgehead atoms. The van der Waals surface area contributed by atoms with E-state index in [-0.39, 0.29) is 30.0 Å². The summed E-state index contributed by atoms with van der Waals surface area (Å²) in [5.41, 5.74) is 5.48. The molecule has 0 radical (unpaired) electrons. The third kappa shape index (κ3) is 3.45. The Hall–Kier alpha value is -1.68. The highest BCUT2D eigenvalue weighted by Gasteiger charge is 2.31. The van der Waals surface area contributed by atoms with Crippen LogP contribution in [0.4, 0.5) is 5.82 Å². The largest absolute Gasteiger partial charge is 0.379 e. The number of anilines is 1. The predicted octanol–water partition coefficient (Wildman–Crippen LogP) is -0.804. The van der Waals surface area contributed by atoms with Gasteiger partial charge < -0.3 is 10.6 Å². The van der Waals surface area contributed by atoms with E-state index in [0.717, 1.165) is 25.5 Å². The number of nitrogens with two attached hydrogens (primary N) is 1. The third-order valence-electron chi connectivity index (χ3n) is 3.19. The molecule has 1 aliphatic heterocycles. The summed E-state index contributed by atoms with van der Waals surface area (Å²) in [5, 5.41) is 6.87. The Balaban J connectivity index is 2.11. The number of likely N-dealkylation sites (tertiary alicyclic amines) is 1. The number of amides is 1. The first kappa shape index (κ1) is 14.7. The lowest BCUT2D eigenvalue weighted by molar-refractivity contribution is 0.0608. The number of aromatic nitrogens is 2. The molecule has 2 rings (SSSR count). The minimum Gasteiger partial charge on any atom is -0.379 e. The number of nitrogen functional groups attached to an aromatic ring is 1. The molecule has 112 valence electrons. The minimum atomic E-state index is -3.29. The Morgan fingerprint density at radius 2 is 2.25 bits per heavy atom. The van der Waals surface area contributed by atoms with Crippen LogP contribution >= 0.6 is 0 Å². The Kier molecular flexibility index (Phi) is 4.23. The van der Waals surface area contributed by atoms with E-state index in [0.29, 0.717) is 6.54 Å². The van der Waals surface area contributed by atoms with Crippen LogP contribution in [0.1, 0.15) is 29.8 Å². The zero-order valence-corrected chi connectivity index (χ0v) is 11.9. The van der Waals surface area contributed by atoms with Crippen LogP contribution in [0.2, 0.25) is 0 Å². The van der Waals surface area contributed by atoms with E-state index in [9.17, 15) is 13.2 Å². The summed E-state index contributed by atoms with van der Waals surface area (Å²) >= 11 is 0. The van der Waals surface area contributed by atoms with E-state index < -0.39 is 10.0 Å². The van der Waals surface area contributed by atoms with E-state index in [1.807, 2.05) is 0 Å². The number of carbonyl (C=O) groups excluding carboxylic acids is 1. The van der Waals surface area contributed by atoms with Crippen LogP contribution in [-0.4, -0.2) is 54.9 Å². The maximum absolute atomic E-state index is 12.3. The molecule has 20 heavy (non-hydrogen) atoms. The molecule has 9 nitrogen and oxygen atoms in total. The predicted molar refractivity (Wildman–Crippen MR) is 70.2 cm³/mol. The average molecular weight is 303 g/mol. The van der Waals surface area contributed by atoms with Crippen molar-refractivity contribution in [3.05, 3.63) is 5.69 Å². The molecule has 3 N–H and O–H groups in total. The Morgan fingerprint density at radius 3 is 2.85 bits per heavy atom. The number of nitrogens with one attached hydrogen (secondary N) is 1. The van der Waals surface area contributed by atoms with Gasteiger partial charge >= 0.3 is 0 Å². The number of carbonyl (C=O) groups is 1. The summed E-state index contributed by atoms with van der Waals surface area (Å²) in [7, 11) is -3.29. The number of piperidine rings is 1. The highest BCUT2D eigenvalue weighted by molar-refractivity contribution is 7.88. The molecule has 0 spiro atoms. The second kappa shape index (κ2) is 5.75. The molecule has 1 atom stereocenters. The van der Waals surface area contributed by atoms with Crippen LogP contribution in [0, 0.1) is 0 Å². The van der Waals surface area contributed by atoms with Gasteiger partial charge in [0, 0.05) is 19.1 Å². The topological polar surface area (TPSA) is 131 Å². The highest BCUT2D eigenvalue weighted by atomic mass is 32.2. The van der Waals surface area contributed by atoms with Crippen LogP contribution in [0.15, 0.2) is 4.63 Å². The molecule has 10 heteroatoms. The van der Waals surface area contributed by atoms with Gasteiger partial charge in [-0.15, -0.1) is 0 Å². The van der Waals surface area contributed by atoms with Gasteiger partial charge in [0.25, 0.3) is 5.91 Å². The first-order chi connectivity index (χ1) is 9.38. The molecule has 1 aromatic heterocycles. The van der Waals surface area contributed by atoms with E-state index in [2.05, 4.69) is 19.7 Å². The smallest absolute Gasteiger partial charge is 0.280 e. The molecule has 0 saturated carbocycles. The Morgan fingerprint density at radius 1 is 1.50 bits per heavy atom. The zero-order chi connectivity index (χ0) is 14.8. The molecule has 1 aliphatic rings. The standard InChI is InChI=1S/C10H17N5O4S/c1-20(17,18)12-6-7-4-2-3-5-15(7)10(16)8-9(11)14-19-13-8/h7,12H,2-6H2,1H3,(H2,11,14). The van der Waals surface area contributed by atoms with Gasteiger partial charge in [-0.3, -0.25) is 4.79 Å². The second-order valence-corrected chi connectivity index (χ2v) is 6.60. The van der Waals surface area contributed by atoms with Gasteiger partial charge in [0.2, 0.25) is 21.5 Å². The van der Waals surface area contributed by atoms with Gasteiger partial charge in [0.15, 0.2) is 0 Å². The van der Waals surface area contributed by atoms with Gasteiger partial charge in [-0.05, 0) is 29.6 Å². The van der Waals surface area contributed by atoms with Crippen LogP contribution in [0.25, 0.3) is 0 Å². The molecule has 1 saturated heterocycles. The third-order valence-corrected chi connectivity index (χ3v) is 3.88. The second-order valence-electron chi connectivity index (χ2n) is 4.77. The number of hydrogen-bond acceptors (Lipinski definition) is 7. The highest BCUT2D eigenvalue weighted by Crippen LogP contribution is 2.20. The van der Waals surface area contributed by atoms with E-state index in [1.54, 1.807) is 4.90 Å². The summed E-state index contributed by atoms with van der Waals surface area (Å²) in [6, 6.07) is -0.220. The quantitative estimate of drug-likeness (QED) is 0.744. The molecule has 1 amide bonds. The van der Waals surface area contributed by atoms with E-state index in [1.165, 1.54) is 0 Å². The van der Waals surface area contributed by atoms with E-state index in [4.69, 9.17) is 5.73 Å². The van der Waals surface area contributed by atoms with Crippen molar-refractivity contribution in [3.63, 3.8) is 0 Å². The lowest BCUT2D eigenvalue weighted by atomic mass is 10.0. The number of rotatable bonds is 4. The molecular formula is C10H17N5O4S. The van der Waals surface area contributed by atoms with Gasteiger partial charge in [-0.1, -0.05) is 0 Å². The first-order valence-electron chi connectivity index (χ1n) is 6.22. The fourth-order valence-electron chi connectivity index (χ4n) is 2.21. The van der Waals surface area contributed by atoms with Crippen molar-refractivity contribution in [2.45, 2.75) is 25.3 Å². The van der Waals surface area contributed by atoms with Crippen molar-refractivity contribution in [2.24, 2.45) is 0 Å². The lowest BCUT2D eigenvalue weighted by Gasteiger charge is -2.35. The van der Waals surface area contributed by atoms with Crippen molar-refractivity contribution < 1.29 is 17.8 Å². The van der Waals surface area contributed by atoms with Crippen molar-refractivity contribution in [2.75, 3.05) is 25.1 Å². The summed E-state index contributed by atoms with van der Waals surface area (Å²) in [5.74, 6) is -0.445. The number of nitrogens with zero attached hydrogens (tertiary/aromatic N) is 3. The SMILES string of the molecule is CS(=O)(=O)NCC1CCCCN1C(=O)c1nonc1N. The Bertz CT molecular complexity index is 584. The van der Waals surface area contributed by atoms with Gasteiger partial charge in [0.05, 0.1) is 6.26 Å². The average Bonchev–Trinajstić information content (AvgIpc) is 2.81. The minimum absolute atomic E-state index is 0.0312. The van der Waals surface area contributed by atoms with Crippen molar-refractivity contribution in [3.8, 4) is 0 Å². The number of sulfonamides is 1.